The third kappa shape index (κ3) is 5.59. The summed E-state index contributed by atoms with van der Waals surface area (Å²) in [5.41, 5.74) is 2.82. The number of ether oxygens (including phenoxy) is 4. The first kappa shape index (κ1) is 28.4. The lowest BCUT2D eigenvalue weighted by Crippen LogP contribution is -2.62. The third-order valence-corrected chi connectivity index (χ3v) is 10.6. The van der Waals surface area contributed by atoms with E-state index in [0.29, 0.717) is 24.5 Å². The number of carbonyl (C=O) groups is 2. The van der Waals surface area contributed by atoms with E-state index in [-0.39, 0.29) is 41.2 Å². The smallest absolute Gasteiger partial charge is 0.337 e. The Balaban J connectivity index is 1.27. The molecule has 0 radical (unpaired) electrons. The number of cyclic esters (lactones) is 1. The minimum atomic E-state index is -0.667. The molecule has 2 saturated carbocycles. The summed E-state index contributed by atoms with van der Waals surface area (Å²) in [6.07, 6.45) is 6.20. The van der Waals surface area contributed by atoms with Gasteiger partial charge in [0.2, 0.25) is 0 Å². The Bertz CT molecular complexity index is 1160. The van der Waals surface area contributed by atoms with Crippen molar-refractivity contribution in [3.63, 3.8) is 0 Å². The van der Waals surface area contributed by atoms with Crippen LogP contribution < -0.4 is 0 Å². The molecule has 0 bridgehead atoms. The molecule has 0 unspecified atom stereocenters. The van der Waals surface area contributed by atoms with E-state index in [2.05, 4.69) is 20.4 Å². The van der Waals surface area contributed by atoms with Crippen molar-refractivity contribution in [2.45, 2.75) is 89.6 Å². The molecule has 0 N–H and O–H groups in total. The Morgan fingerprint density at radius 3 is 2.64 bits per heavy atom. The number of hydrogen-bond donors (Lipinski definition) is 0. The van der Waals surface area contributed by atoms with Crippen molar-refractivity contribution in [1.82, 2.24) is 0 Å². The van der Waals surface area contributed by atoms with E-state index in [0.717, 1.165) is 30.6 Å². The van der Waals surface area contributed by atoms with Gasteiger partial charge in [-0.15, -0.1) is 11.8 Å². The van der Waals surface area contributed by atoms with Crippen LogP contribution in [0.5, 0.6) is 0 Å². The van der Waals surface area contributed by atoms with Crippen LogP contribution in [0.3, 0.4) is 0 Å². The van der Waals surface area contributed by atoms with E-state index in [1.54, 1.807) is 0 Å². The molecule has 2 saturated heterocycles. The SMILES string of the molecule is C=C1CC[C@@H]2[C@]3(C)COC(C)(C)O[C@@H]3CC[C@@]2(C)[C@@H]1C/C=C1/C(=O)OC[C@H]1OC(=O)CSc1ccc(C)cc1. The average Bonchev–Trinajstić information content (AvgIpc) is 3.22. The molecular weight excluding hydrogens is 512 g/mol. The number of thioether (sulfide) groups is 1. The molecule has 2 aliphatic heterocycles. The fourth-order valence-corrected chi connectivity index (χ4v) is 8.16. The summed E-state index contributed by atoms with van der Waals surface area (Å²) < 4.78 is 23.6. The Morgan fingerprint density at radius 2 is 1.90 bits per heavy atom. The highest BCUT2D eigenvalue weighted by atomic mass is 32.2. The molecule has 6 atom stereocenters. The maximum absolute atomic E-state index is 12.7. The first-order chi connectivity index (χ1) is 18.4. The van der Waals surface area contributed by atoms with Crippen molar-refractivity contribution in [2.24, 2.45) is 22.7 Å². The van der Waals surface area contributed by atoms with Crippen molar-refractivity contribution in [3.05, 3.63) is 53.6 Å². The molecule has 1 aromatic carbocycles. The van der Waals surface area contributed by atoms with E-state index in [1.807, 2.05) is 51.1 Å². The van der Waals surface area contributed by atoms with Gasteiger partial charge in [-0.1, -0.05) is 49.8 Å². The highest BCUT2D eigenvalue weighted by Gasteiger charge is 2.60. The van der Waals surface area contributed by atoms with Gasteiger partial charge in [0.25, 0.3) is 0 Å². The maximum Gasteiger partial charge on any atom is 0.337 e. The summed E-state index contributed by atoms with van der Waals surface area (Å²) >= 11 is 1.43. The van der Waals surface area contributed by atoms with Gasteiger partial charge in [0.1, 0.15) is 6.61 Å². The monoisotopic (exact) mass is 554 g/mol. The number of rotatable bonds is 6. The Kier molecular flexibility index (Phi) is 7.81. The van der Waals surface area contributed by atoms with Gasteiger partial charge in [0.15, 0.2) is 11.9 Å². The maximum atomic E-state index is 12.7. The van der Waals surface area contributed by atoms with Crippen LogP contribution >= 0.6 is 11.8 Å². The normalized spacial score (nSPS) is 36.7. The van der Waals surface area contributed by atoms with E-state index in [1.165, 1.54) is 22.9 Å². The summed E-state index contributed by atoms with van der Waals surface area (Å²) in [5.74, 6) is -0.464. The van der Waals surface area contributed by atoms with E-state index in [9.17, 15) is 9.59 Å². The van der Waals surface area contributed by atoms with Crippen molar-refractivity contribution < 1.29 is 28.5 Å². The first-order valence-corrected chi connectivity index (χ1v) is 15.2. The van der Waals surface area contributed by atoms with Crippen molar-refractivity contribution >= 4 is 23.7 Å². The minimum absolute atomic E-state index is 0.0191. The van der Waals surface area contributed by atoms with Crippen molar-refractivity contribution in [2.75, 3.05) is 19.0 Å². The van der Waals surface area contributed by atoms with E-state index >= 15 is 0 Å². The molecule has 0 spiro atoms. The molecule has 2 aliphatic carbocycles. The Morgan fingerprint density at radius 1 is 1.15 bits per heavy atom. The number of esters is 2. The fraction of sp³-hybridized carbons (Fsp3) is 0.625. The van der Waals surface area contributed by atoms with Gasteiger partial charge in [0.05, 0.1) is 24.0 Å². The molecule has 6 nitrogen and oxygen atoms in total. The number of fused-ring (bicyclic) bond motifs is 3. The number of allylic oxidation sites excluding steroid dienone is 2. The first-order valence-electron chi connectivity index (χ1n) is 14.2. The number of hydrogen-bond acceptors (Lipinski definition) is 7. The zero-order valence-electron chi connectivity index (χ0n) is 23.9. The van der Waals surface area contributed by atoms with E-state index < -0.39 is 17.9 Å². The number of benzene rings is 1. The molecule has 1 aromatic rings. The van der Waals surface area contributed by atoms with Crippen LogP contribution in [0.2, 0.25) is 0 Å². The van der Waals surface area contributed by atoms with Gasteiger partial charge in [0, 0.05) is 10.3 Å². The second-order valence-corrected chi connectivity index (χ2v) is 13.8. The summed E-state index contributed by atoms with van der Waals surface area (Å²) in [7, 11) is 0. The van der Waals surface area contributed by atoms with Crippen LogP contribution in [0.4, 0.5) is 0 Å². The second kappa shape index (κ2) is 10.7. The predicted molar refractivity (Wildman–Crippen MR) is 151 cm³/mol. The van der Waals surface area contributed by atoms with Crippen molar-refractivity contribution in [1.29, 1.82) is 0 Å². The Labute approximate surface area is 236 Å². The summed E-state index contributed by atoms with van der Waals surface area (Å²) in [4.78, 5) is 26.3. The van der Waals surface area contributed by atoms with Crippen LogP contribution in [0.25, 0.3) is 0 Å². The molecule has 39 heavy (non-hydrogen) atoms. The quantitative estimate of drug-likeness (QED) is 0.174. The van der Waals surface area contributed by atoms with Gasteiger partial charge in [-0.3, -0.25) is 4.79 Å². The van der Waals surface area contributed by atoms with Gasteiger partial charge in [-0.05, 0) is 82.3 Å². The van der Waals surface area contributed by atoms with Crippen molar-refractivity contribution in [3.8, 4) is 0 Å². The highest BCUT2D eigenvalue weighted by molar-refractivity contribution is 8.00. The lowest BCUT2D eigenvalue weighted by atomic mass is 9.46. The number of carbonyl (C=O) groups excluding carboxylic acids is 2. The minimum Gasteiger partial charge on any atom is -0.458 e. The summed E-state index contributed by atoms with van der Waals surface area (Å²) in [5, 5.41) is 0. The molecule has 0 amide bonds. The largest absolute Gasteiger partial charge is 0.458 e. The molecule has 4 aliphatic rings. The lowest BCUT2D eigenvalue weighted by Gasteiger charge is -2.63. The zero-order valence-corrected chi connectivity index (χ0v) is 24.7. The van der Waals surface area contributed by atoms with Gasteiger partial charge >= 0.3 is 11.9 Å². The highest BCUT2D eigenvalue weighted by Crippen LogP contribution is 2.63. The average molecular weight is 555 g/mol. The van der Waals surface area contributed by atoms with Gasteiger partial charge < -0.3 is 18.9 Å². The molecule has 5 rings (SSSR count). The van der Waals surface area contributed by atoms with Crippen LogP contribution in [0.15, 0.2) is 53.0 Å². The molecule has 2 heterocycles. The topological polar surface area (TPSA) is 71.1 Å². The van der Waals surface area contributed by atoms with Crippen LogP contribution in [-0.2, 0) is 28.5 Å². The van der Waals surface area contributed by atoms with E-state index in [4.69, 9.17) is 18.9 Å². The Hall–Kier alpha value is -2.09. The molecule has 0 aromatic heterocycles. The van der Waals surface area contributed by atoms with Gasteiger partial charge in [-0.2, -0.15) is 0 Å². The standard InChI is InChI=1S/C32H42O6S/c1-20-7-10-22(11-8-20)39-18-28(33)37-25-17-35-29(34)23(25)12-13-24-21(2)9-14-26-31(24,5)16-15-27-32(26,6)19-36-30(3,4)38-27/h7-8,10-12,24-27H,2,9,13-19H2,1,3-6H3/b23-12+/t24-,25-,26+,27-,31+,32+/m1/s1. The zero-order chi connectivity index (χ0) is 28.0. The molecular formula is C32H42O6S. The molecule has 4 fully saturated rings. The second-order valence-electron chi connectivity index (χ2n) is 12.7. The molecule has 7 heteroatoms. The number of aryl methyl sites for hydroxylation is 1. The van der Waals surface area contributed by atoms with Gasteiger partial charge in [-0.25, -0.2) is 4.79 Å². The van der Waals surface area contributed by atoms with Crippen LogP contribution in [0.1, 0.15) is 65.4 Å². The van der Waals surface area contributed by atoms with Crippen LogP contribution in [-0.4, -0.2) is 48.9 Å². The lowest BCUT2D eigenvalue weighted by molar-refractivity contribution is -0.344. The predicted octanol–water partition coefficient (Wildman–Crippen LogP) is 6.41. The molecule has 212 valence electrons. The summed E-state index contributed by atoms with van der Waals surface area (Å²) in [6.45, 7) is 16.0. The summed E-state index contributed by atoms with van der Waals surface area (Å²) in [6, 6.07) is 8.02. The van der Waals surface area contributed by atoms with Crippen LogP contribution in [0, 0.1) is 29.6 Å². The fourth-order valence-electron chi connectivity index (χ4n) is 7.48. The third-order valence-electron chi connectivity index (χ3n) is 9.65.